The highest BCUT2D eigenvalue weighted by atomic mass is 15.2. The van der Waals surface area contributed by atoms with Crippen molar-refractivity contribution in [2.24, 2.45) is 0 Å². The molecule has 11 rings (SSSR count). The molecule has 6 nitrogen and oxygen atoms in total. The molecular weight excluding hydrogens is 589 g/mol. The number of fused-ring (bicyclic) bond motifs is 12. The highest BCUT2D eigenvalue weighted by molar-refractivity contribution is 6.36. The fourth-order valence-electron chi connectivity index (χ4n) is 7.87. The number of aromatic nitrogens is 5. The molecule has 0 spiro atoms. The van der Waals surface area contributed by atoms with Crippen LogP contribution in [0.1, 0.15) is 5.56 Å². The molecule has 0 aliphatic heterocycles. The second-order valence-corrected chi connectivity index (χ2v) is 12.4. The van der Waals surface area contributed by atoms with Crippen LogP contribution in [0, 0.1) is 11.3 Å². The maximum atomic E-state index is 9.43. The minimum atomic E-state index is 0.577. The van der Waals surface area contributed by atoms with Gasteiger partial charge in [-0.1, -0.05) is 72.8 Å². The average Bonchev–Trinajstić information content (AvgIpc) is 3.77. The Morgan fingerprint density at radius 2 is 1.31 bits per heavy atom. The third-order valence-electron chi connectivity index (χ3n) is 9.90. The zero-order chi connectivity index (χ0) is 31.5. The normalized spacial score (nSPS) is 12.1. The molecule has 0 saturated heterocycles. The molecular formula is C42H22N6. The Balaban J connectivity index is 1.35. The standard InChI is InChI=1S/C42H22N6/c43-23-24-15-17-25(18-16-24)39-40-32(12-7-19-44-40)45-42(46-39)48-34-14-6-4-11-29(34)37-36(48)22-30-28-10-3-5-13-33(28)47-35-21-27-9-2-1-8-26(27)20-31(35)38(37)41(30)47/h1-22H. The van der Waals surface area contributed by atoms with E-state index < -0.39 is 0 Å². The molecule has 0 aliphatic carbocycles. The fourth-order valence-corrected chi connectivity index (χ4v) is 7.87. The van der Waals surface area contributed by atoms with Crippen LogP contribution in [-0.4, -0.2) is 23.9 Å². The van der Waals surface area contributed by atoms with Crippen molar-refractivity contribution in [3.63, 3.8) is 0 Å². The van der Waals surface area contributed by atoms with Crippen LogP contribution in [0.3, 0.4) is 0 Å². The second kappa shape index (κ2) is 9.12. The van der Waals surface area contributed by atoms with Crippen LogP contribution in [-0.2, 0) is 0 Å². The quantitative estimate of drug-likeness (QED) is 0.195. The number of benzene rings is 6. The molecule has 0 bridgehead atoms. The van der Waals surface area contributed by atoms with Crippen molar-refractivity contribution in [3.8, 4) is 23.3 Å². The van der Waals surface area contributed by atoms with Crippen LogP contribution in [0.5, 0.6) is 0 Å². The van der Waals surface area contributed by atoms with E-state index in [4.69, 9.17) is 15.0 Å². The van der Waals surface area contributed by atoms with Crippen molar-refractivity contribution in [3.05, 3.63) is 139 Å². The number of nitriles is 1. The first-order valence-electron chi connectivity index (χ1n) is 15.9. The predicted octanol–water partition coefficient (Wildman–Crippen LogP) is 9.96. The average molecular weight is 611 g/mol. The molecule has 0 unspecified atom stereocenters. The monoisotopic (exact) mass is 610 g/mol. The van der Waals surface area contributed by atoms with E-state index in [1.165, 1.54) is 54.3 Å². The molecule has 0 saturated carbocycles. The van der Waals surface area contributed by atoms with Crippen molar-refractivity contribution >= 4 is 81.7 Å². The number of rotatable bonds is 2. The number of hydrogen-bond donors (Lipinski definition) is 0. The summed E-state index contributed by atoms with van der Waals surface area (Å²) in [5.74, 6) is 0.577. The van der Waals surface area contributed by atoms with E-state index in [0.29, 0.717) is 11.5 Å². The summed E-state index contributed by atoms with van der Waals surface area (Å²) in [6.07, 6.45) is 1.77. The summed E-state index contributed by atoms with van der Waals surface area (Å²) < 4.78 is 4.67. The Morgan fingerprint density at radius 3 is 2.15 bits per heavy atom. The van der Waals surface area contributed by atoms with Crippen molar-refractivity contribution in [1.82, 2.24) is 23.9 Å². The van der Waals surface area contributed by atoms with E-state index >= 15 is 0 Å². The summed E-state index contributed by atoms with van der Waals surface area (Å²) >= 11 is 0. The SMILES string of the molecule is N#Cc1ccc(-c2nc(-n3c4ccccc4c4c5c6cc7ccccc7cc6n6c7ccccc7c(cc43)c56)nc3cccnc23)cc1. The first-order chi connectivity index (χ1) is 23.8. The van der Waals surface area contributed by atoms with E-state index in [2.05, 4.69) is 106 Å². The molecule has 11 aromatic rings. The molecule has 0 N–H and O–H groups in total. The van der Waals surface area contributed by atoms with Crippen molar-refractivity contribution < 1.29 is 0 Å². The van der Waals surface area contributed by atoms with Gasteiger partial charge < -0.3 is 4.40 Å². The Kier molecular flexibility index (Phi) is 4.82. The first kappa shape index (κ1) is 25.4. The van der Waals surface area contributed by atoms with Crippen molar-refractivity contribution in [1.29, 1.82) is 5.26 Å². The number of pyridine rings is 1. The summed E-state index contributed by atoms with van der Waals surface area (Å²) in [4.78, 5) is 15.1. The van der Waals surface area contributed by atoms with E-state index in [1.54, 1.807) is 6.20 Å². The van der Waals surface area contributed by atoms with Crippen LogP contribution in [0.25, 0.3) is 98.9 Å². The van der Waals surface area contributed by atoms with Crippen LogP contribution in [0.2, 0.25) is 0 Å². The van der Waals surface area contributed by atoms with Gasteiger partial charge in [0.05, 0.1) is 44.7 Å². The lowest BCUT2D eigenvalue weighted by molar-refractivity contribution is 1.01. The molecule has 0 atom stereocenters. The van der Waals surface area contributed by atoms with E-state index in [0.717, 1.165) is 38.7 Å². The molecule has 0 radical (unpaired) electrons. The lowest BCUT2D eigenvalue weighted by Crippen LogP contribution is -2.04. The van der Waals surface area contributed by atoms with Gasteiger partial charge in [0.25, 0.3) is 0 Å². The minimum Gasteiger partial charge on any atom is -0.308 e. The third kappa shape index (κ3) is 3.22. The number of para-hydroxylation sites is 2. The second-order valence-electron chi connectivity index (χ2n) is 12.4. The Bertz CT molecular complexity index is 3180. The summed E-state index contributed by atoms with van der Waals surface area (Å²) in [6.45, 7) is 0. The molecule has 0 amide bonds. The molecule has 0 aliphatic rings. The van der Waals surface area contributed by atoms with Crippen molar-refractivity contribution in [2.75, 3.05) is 0 Å². The van der Waals surface area contributed by atoms with Crippen LogP contribution in [0.4, 0.5) is 0 Å². The number of nitrogens with zero attached hydrogens (tertiary/aromatic N) is 6. The van der Waals surface area contributed by atoms with Gasteiger partial charge in [0, 0.05) is 44.1 Å². The molecule has 48 heavy (non-hydrogen) atoms. The van der Waals surface area contributed by atoms with E-state index in [9.17, 15) is 5.26 Å². The summed E-state index contributed by atoms with van der Waals surface area (Å²) in [7, 11) is 0. The topological polar surface area (TPSA) is 71.8 Å². The molecule has 5 aromatic heterocycles. The molecule has 220 valence electrons. The van der Waals surface area contributed by atoms with Gasteiger partial charge in [-0.05, 0) is 65.4 Å². The van der Waals surface area contributed by atoms with Crippen LogP contribution < -0.4 is 0 Å². The predicted molar refractivity (Wildman–Crippen MR) is 194 cm³/mol. The van der Waals surface area contributed by atoms with Crippen LogP contribution >= 0.6 is 0 Å². The smallest absolute Gasteiger partial charge is 0.235 e. The van der Waals surface area contributed by atoms with Gasteiger partial charge >= 0.3 is 0 Å². The van der Waals surface area contributed by atoms with Gasteiger partial charge in [0.15, 0.2) is 0 Å². The molecule has 0 fully saturated rings. The van der Waals surface area contributed by atoms with Gasteiger partial charge in [0.2, 0.25) is 5.95 Å². The third-order valence-corrected chi connectivity index (χ3v) is 9.90. The fraction of sp³-hybridized carbons (Fsp3) is 0. The minimum absolute atomic E-state index is 0.577. The highest BCUT2D eigenvalue weighted by Crippen LogP contribution is 2.47. The number of hydrogen-bond acceptors (Lipinski definition) is 4. The molecule has 6 heteroatoms. The zero-order valence-corrected chi connectivity index (χ0v) is 25.4. The molecule has 5 heterocycles. The van der Waals surface area contributed by atoms with Crippen molar-refractivity contribution in [2.45, 2.75) is 0 Å². The summed E-state index contributed by atoms with van der Waals surface area (Å²) in [5, 5.41) is 19.1. The Labute approximate surface area is 272 Å². The summed E-state index contributed by atoms with van der Waals surface area (Å²) in [6, 6.07) is 46.5. The molecule has 6 aromatic carbocycles. The van der Waals surface area contributed by atoms with Gasteiger partial charge in [-0.25, -0.2) is 9.97 Å². The highest BCUT2D eigenvalue weighted by Gasteiger charge is 2.25. The lowest BCUT2D eigenvalue weighted by atomic mass is 10.0. The summed E-state index contributed by atoms with van der Waals surface area (Å²) in [5.41, 5.74) is 9.41. The Morgan fingerprint density at radius 1 is 0.562 bits per heavy atom. The van der Waals surface area contributed by atoms with Crippen LogP contribution in [0.15, 0.2) is 134 Å². The first-order valence-corrected chi connectivity index (χ1v) is 15.9. The van der Waals surface area contributed by atoms with E-state index in [-0.39, 0.29) is 0 Å². The van der Waals surface area contributed by atoms with Gasteiger partial charge in [-0.15, -0.1) is 0 Å². The van der Waals surface area contributed by atoms with Gasteiger partial charge in [-0.2, -0.15) is 5.26 Å². The van der Waals surface area contributed by atoms with Gasteiger partial charge in [-0.3, -0.25) is 9.55 Å². The van der Waals surface area contributed by atoms with Gasteiger partial charge in [0.1, 0.15) is 11.2 Å². The van der Waals surface area contributed by atoms with E-state index in [1.807, 2.05) is 36.4 Å². The zero-order valence-electron chi connectivity index (χ0n) is 25.4. The lowest BCUT2D eigenvalue weighted by Gasteiger charge is -2.11. The maximum absolute atomic E-state index is 9.43. The largest absolute Gasteiger partial charge is 0.308 e. The Hall–Kier alpha value is -6.84. The maximum Gasteiger partial charge on any atom is 0.235 e.